The van der Waals surface area contributed by atoms with Crippen molar-refractivity contribution in [3.63, 3.8) is 0 Å². The second kappa shape index (κ2) is 5.24. The molecule has 1 N–H and O–H groups in total. The Labute approximate surface area is 90.9 Å². The summed E-state index contributed by atoms with van der Waals surface area (Å²) in [5.74, 6) is 0. The van der Waals surface area contributed by atoms with Gasteiger partial charge < -0.3 is 10.1 Å². The highest BCUT2D eigenvalue weighted by Crippen LogP contribution is 2.15. The van der Waals surface area contributed by atoms with Gasteiger partial charge in [0.2, 0.25) is 0 Å². The lowest BCUT2D eigenvalue weighted by atomic mass is 10.2. The van der Waals surface area contributed by atoms with Gasteiger partial charge in [-0.3, -0.25) is 4.98 Å². The van der Waals surface area contributed by atoms with E-state index in [0.29, 0.717) is 6.04 Å². The van der Waals surface area contributed by atoms with Gasteiger partial charge in [0.25, 0.3) is 0 Å². The van der Waals surface area contributed by atoms with Gasteiger partial charge in [-0.2, -0.15) is 0 Å². The SMILES string of the molecule is CC(OCC1CCCN1)c1ccccn1. The summed E-state index contributed by atoms with van der Waals surface area (Å²) < 4.78 is 5.79. The van der Waals surface area contributed by atoms with Crippen molar-refractivity contribution >= 4 is 0 Å². The molecule has 0 saturated carbocycles. The monoisotopic (exact) mass is 206 g/mol. The zero-order valence-electron chi connectivity index (χ0n) is 9.15. The fourth-order valence-corrected chi connectivity index (χ4v) is 1.86. The van der Waals surface area contributed by atoms with E-state index in [2.05, 4.69) is 17.2 Å². The van der Waals surface area contributed by atoms with Crippen molar-refractivity contribution in [1.29, 1.82) is 0 Å². The predicted molar refractivity (Wildman–Crippen MR) is 59.6 cm³/mol. The van der Waals surface area contributed by atoms with Crippen LogP contribution in [0, 0.1) is 0 Å². The summed E-state index contributed by atoms with van der Waals surface area (Å²) in [6, 6.07) is 6.47. The molecule has 2 rings (SSSR count). The van der Waals surface area contributed by atoms with Gasteiger partial charge in [-0.05, 0) is 38.4 Å². The molecule has 3 heteroatoms. The summed E-state index contributed by atoms with van der Waals surface area (Å²) in [5, 5.41) is 3.42. The van der Waals surface area contributed by atoms with E-state index in [0.717, 1.165) is 18.8 Å². The quantitative estimate of drug-likeness (QED) is 0.817. The number of hydrogen-bond donors (Lipinski definition) is 1. The molecule has 2 unspecified atom stereocenters. The Morgan fingerprint density at radius 2 is 2.53 bits per heavy atom. The minimum absolute atomic E-state index is 0.0913. The molecular formula is C12H18N2O. The van der Waals surface area contributed by atoms with E-state index < -0.39 is 0 Å². The van der Waals surface area contributed by atoms with E-state index >= 15 is 0 Å². The molecule has 0 radical (unpaired) electrons. The highest BCUT2D eigenvalue weighted by Gasteiger charge is 2.16. The maximum Gasteiger partial charge on any atom is 0.0967 e. The van der Waals surface area contributed by atoms with Crippen LogP contribution in [0.1, 0.15) is 31.6 Å². The molecule has 0 amide bonds. The highest BCUT2D eigenvalue weighted by molar-refractivity contribution is 5.05. The minimum Gasteiger partial charge on any atom is -0.371 e. The van der Waals surface area contributed by atoms with Crippen molar-refractivity contribution in [2.75, 3.05) is 13.2 Å². The molecule has 3 nitrogen and oxygen atoms in total. The highest BCUT2D eigenvalue weighted by atomic mass is 16.5. The second-order valence-electron chi connectivity index (χ2n) is 4.02. The van der Waals surface area contributed by atoms with Gasteiger partial charge in [0.15, 0.2) is 0 Å². The third-order valence-electron chi connectivity index (χ3n) is 2.81. The van der Waals surface area contributed by atoms with E-state index in [1.54, 1.807) is 0 Å². The zero-order chi connectivity index (χ0) is 10.5. The molecule has 2 atom stereocenters. The molecule has 1 saturated heterocycles. The van der Waals surface area contributed by atoms with E-state index in [1.165, 1.54) is 12.8 Å². The standard InChI is InChI=1S/C12H18N2O/c1-10(12-6-2-3-7-14-12)15-9-11-5-4-8-13-11/h2-3,6-7,10-11,13H,4-5,8-9H2,1H3. The van der Waals surface area contributed by atoms with Crippen molar-refractivity contribution < 1.29 is 4.74 Å². The predicted octanol–water partition coefficient (Wildman–Crippen LogP) is 1.91. The molecule has 0 bridgehead atoms. The number of nitrogens with zero attached hydrogens (tertiary/aromatic N) is 1. The average Bonchev–Trinajstić information content (AvgIpc) is 2.80. The Balaban J connectivity index is 1.79. The molecule has 1 aromatic rings. The Kier molecular flexibility index (Phi) is 3.69. The molecule has 15 heavy (non-hydrogen) atoms. The number of aromatic nitrogens is 1. The van der Waals surface area contributed by atoms with E-state index in [-0.39, 0.29) is 6.10 Å². The third-order valence-corrected chi connectivity index (χ3v) is 2.81. The van der Waals surface area contributed by atoms with Gasteiger partial charge in [-0.15, -0.1) is 0 Å². The lowest BCUT2D eigenvalue weighted by Gasteiger charge is -2.16. The minimum atomic E-state index is 0.0913. The molecule has 0 aliphatic carbocycles. The lowest BCUT2D eigenvalue weighted by Crippen LogP contribution is -2.27. The summed E-state index contributed by atoms with van der Waals surface area (Å²) >= 11 is 0. The van der Waals surface area contributed by atoms with Gasteiger partial charge in [0, 0.05) is 12.2 Å². The topological polar surface area (TPSA) is 34.1 Å². The van der Waals surface area contributed by atoms with Crippen LogP contribution in [0.25, 0.3) is 0 Å². The van der Waals surface area contributed by atoms with Crippen LogP contribution in [0.2, 0.25) is 0 Å². The van der Waals surface area contributed by atoms with Gasteiger partial charge in [0.1, 0.15) is 0 Å². The van der Waals surface area contributed by atoms with Crippen LogP contribution in [0.5, 0.6) is 0 Å². The first-order valence-corrected chi connectivity index (χ1v) is 5.62. The van der Waals surface area contributed by atoms with Crippen molar-refractivity contribution in [3.05, 3.63) is 30.1 Å². The number of pyridine rings is 1. The van der Waals surface area contributed by atoms with Crippen LogP contribution >= 0.6 is 0 Å². The van der Waals surface area contributed by atoms with Crippen molar-refractivity contribution in [3.8, 4) is 0 Å². The van der Waals surface area contributed by atoms with Crippen molar-refractivity contribution in [2.24, 2.45) is 0 Å². The van der Waals surface area contributed by atoms with Gasteiger partial charge >= 0.3 is 0 Å². The molecule has 1 aromatic heterocycles. The van der Waals surface area contributed by atoms with Gasteiger partial charge in [0.05, 0.1) is 18.4 Å². The van der Waals surface area contributed by atoms with Crippen molar-refractivity contribution in [1.82, 2.24) is 10.3 Å². The zero-order valence-corrected chi connectivity index (χ0v) is 9.15. The Morgan fingerprint density at radius 1 is 1.60 bits per heavy atom. The smallest absolute Gasteiger partial charge is 0.0967 e. The number of hydrogen-bond acceptors (Lipinski definition) is 3. The molecule has 1 fully saturated rings. The summed E-state index contributed by atoms with van der Waals surface area (Å²) in [7, 11) is 0. The molecule has 2 heterocycles. The summed E-state index contributed by atoms with van der Waals surface area (Å²) in [6.45, 7) is 3.97. The van der Waals surface area contributed by atoms with Gasteiger partial charge in [-0.25, -0.2) is 0 Å². The first-order chi connectivity index (χ1) is 7.36. The maximum absolute atomic E-state index is 5.79. The van der Waals surface area contributed by atoms with Gasteiger partial charge in [-0.1, -0.05) is 6.07 Å². The fourth-order valence-electron chi connectivity index (χ4n) is 1.86. The Bertz CT molecular complexity index is 283. The normalized spacial score (nSPS) is 22.9. The summed E-state index contributed by atoms with van der Waals surface area (Å²) in [5.41, 5.74) is 1.01. The Hall–Kier alpha value is -0.930. The Morgan fingerprint density at radius 3 is 3.20 bits per heavy atom. The first kappa shape index (κ1) is 10.6. The molecular weight excluding hydrogens is 188 g/mol. The van der Waals surface area contributed by atoms with E-state index in [1.807, 2.05) is 24.4 Å². The van der Waals surface area contributed by atoms with E-state index in [9.17, 15) is 0 Å². The first-order valence-electron chi connectivity index (χ1n) is 5.62. The maximum atomic E-state index is 5.79. The third kappa shape index (κ3) is 3.01. The largest absolute Gasteiger partial charge is 0.371 e. The summed E-state index contributed by atoms with van der Waals surface area (Å²) in [4.78, 5) is 4.28. The molecule has 0 spiro atoms. The van der Waals surface area contributed by atoms with Crippen LogP contribution in [-0.4, -0.2) is 24.2 Å². The van der Waals surface area contributed by atoms with Crippen LogP contribution in [0.3, 0.4) is 0 Å². The fraction of sp³-hybridized carbons (Fsp3) is 0.583. The van der Waals surface area contributed by atoms with Crippen LogP contribution in [0.15, 0.2) is 24.4 Å². The van der Waals surface area contributed by atoms with E-state index in [4.69, 9.17) is 4.74 Å². The number of nitrogens with one attached hydrogen (secondary N) is 1. The van der Waals surface area contributed by atoms with Crippen LogP contribution in [0.4, 0.5) is 0 Å². The molecule has 1 aliphatic rings. The molecule has 1 aliphatic heterocycles. The van der Waals surface area contributed by atoms with Crippen molar-refractivity contribution in [2.45, 2.75) is 31.9 Å². The lowest BCUT2D eigenvalue weighted by molar-refractivity contribution is 0.0499. The second-order valence-corrected chi connectivity index (χ2v) is 4.02. The van der Waals surface area contributed by atoms with Crippen LogP contribution < -0.4 is 5.32 Å². The average molecular weight is 206 g/mol. The number of ether oxygens (including phenoxy) is 1. The van der Waals surface area contributed by atoms with Crippen LogP contribution in [-0.2, 0) is 4.74 Å². The molecule has 0 aromatic carbocycles. The molecule has 82 valence electrons. The summed E-state index contributed by atoms with van der Waals surface area (Å²) in [6.07, 6.45) is 4.40. The number of rotatable bonds is 4.